The van der Waals surface area contributed by atoms with Gasteiger partial charge in [0.2, 0.25) is 0 Å². The molecule has 3 rings (SSSR count). The number of benzene rings is 2. The number of carbonyl (C=O) groups excluding carboxylic acids is 2. The highest BCUT2D eigenvalue weighted by atomic mass is 35.5. The van der Waals surface area contributed by atoms with Gasteiger partial charge in [-0.2, -0.15) is 13.2 Å². The van der Waals surface area contributed by atoms with E-state index in [1.54, 1.807) is 26.0 Å². The fourth-order valence-corrected chi connectivity index (χ4v) is 2.93. The van der Waals surface area contributed by atoms with Gasteiger partial charge in [-0.3, -0.25) is 4.79 Å². The molecule has 0 unspecified atom stereocenters. The summed E-state index contributed by atoms with van der Waals surface area (Å²) in [5, 5.41) is 10.6. The molecular formula is C20H16ClF3N4O3. The molecule has 1 aromatic heterocycles. The Morgan fingerprint density at radius 2 is 1.65 bits per heavy atom. The molecule has 0 fully saturated rings. The number of aryl methyl sites for hydroxylation is 2. The monoisotopic (exact) mass is 452 g/mol. The second-order valence-corrected chi connectivity index (χ2v) is 6.96. The minimum Gasteiger partial charge on any atom is -0.361 e. The highest BCUT2D eigenvalue weighted by Crippen LogP contribution is 2.36. The van der Waals surface area contributed by atoms with E-state index in [2.05, 4.69) is 21.1 Å². The van der Waals surface area contributed by atoms with Crippen LogP contribution in [0.25, 0.3) is 0 Å². The van der Waals surface area contributed by atoms with E-state index in [0.717, 1.165) is 12.1 Å². The third-order valence-electron chi connectivity index (χ3n) is 4.26. The molecule has 31 heavy (non-hydrogen) atoms. The van der Waals surface area contributed by atoms with Crippen molar-refractivity contribution in [1.82, 2.24) is 5.16 Å². The number of nitrogens with zero attached hydrogens (tertiary/aromatic N) is 1. The maximum absolute atomic E-state index is 12.9. The van der Waals surface area contributed by atoms with Crippen LogP contribution in [0.1, 0.15) is 27.2 Å². The standard InChI is InChI=1S/C20H16ClF3N4O3/c1-10-7-12(4-6-17(10)28-18(29)14-9-25-31-11(14)2)26-19(30)27-13-3-5-16(21)15(8-13)20(22,23)24/h3-9H,1-2H3,(H,28,29)(H2,26,27,30). The van der Waals surface area contributed by atoms with Crippen LogP contribution in [0, 0.1) is 13.8 Å². The van der Waals surface area contributed by atoms with Gasteiger partial charge in [0, 0.05) is 17.1 Å². The molecule has 1 heterocycles. The third-order valence-corrected chi connectivity index (χ3v) is 4.59. The van der Waals surface area contributed by atoms with Crippen LogP contribution in [0.5, 0.6) is 0 Å². The predicted molar refractivity (Wildman–Crippen MR) is 109 cm³/mol. The molecule has 0 radical (unpaired) electrons. The fourth-order valence-electron chi connectivity index (χ4n) is 2.70. The number of urea groups is 1. The van der Waals surface area contributed by atoms with E-state index in [-0.39, 0.29) is 5.69 Å². The Morgan fingerprint density at radius 3 is 2.23 bits per heavy atom. The zero-order valence-corrected chi connectivity index (χ0v) is 17.0. The number of halogens is 4. The van der Waals surface area contributed by atoms with Gasteiger partial charge in [0.15, 0.2) is 0 Å². The number of aromatic nitrogens is 1. The summed E-state index contributed by atoms with van der Waals surface area (Å²) in [6.45, 7) is 3.33. The second-order valence-electron chi connectivity index (χ2n) is 6.55. The van der Waals surface area contributed by atoms with Crippen molar-refractivity contribution in [1.29, 1.82) is 0 Å². The molecule has 0 bridgehead atoms. The summed E-state index contributed by atoms with van der Waals surface area (Å²) in [7, 11) is 0. The Hall–Kier alpha value is -3.53. The number of carbonyl (C=O) groups is 2. The molecule has 0 aliphatic rings. The number of rotatable bonds is 4. The molecule has 3 N–H and O–H groups in total. The molecule has 11 heteroatoms. The van der Waals surface area contributed by atoms with Crippen molar-refractivity contribution in [3.8, 4) is 0 Å². The molecule has 7 nitrogen and oxygen atoms in total. The van der Waals surface area contributed by atoms with Gasteiger partial charge in [-0.25, -0.2) is 4.79 Å². The second kappa shape index (κ2) is 8.68. The smallest absolute Gasteiger partial charge is 0.361 e. The number of hydrogen-bond acceptors (Lipinski definition) is 4. The van der Waals surface area contributed by atoms with Crippen molar-refractivity contribution < 1.29 is 27.3 Å². The van der Waals surface area contributed by atoms with E-state index in [1.807, 2.05) is 0 Å². The number of alkyl halides is 3. The van der Waals surface area contributed by atoms with Gasteiger partial charge in [-0.05, 0) is 55.8 Å². The number of amides is 3. The summed E-state index contributed by atoms with van der Waals surface area (Å²) in [6.07, 6.45) is -3.34. The SMILES string of the molecule is Cc1cc(NC(=O)Nc2ccc(Cl)c(C(F)(F)F)c2)ccc1NC(=O)c1cnoc1C. The third kappa shape index (κ3) is 5.34. The van der Waals surface area contributed by atoms with E-state index >= 15 is 0 Å². The Labute approximate surface area is 179 Å². The molecule has 162 valence electrons. The summed E-state index contributed by atoms with van der Waals surface area (Å²) in [4.78, 5) is 24.4. The highest BCUT2D eigenvalue weighted by molar-refractivity contribution is 6.31. The molecule has 0 saturated carbocycles. The van der Waals surface area contributed by atoms with Crippen LogP contribution in [0.4, 0.5) is 35.0 Å². The van der Waals surface area contributed by atoms with Crippen molar-refractivity contribution in [2.24, 2.45) is 0 Å². The van der Waals surface area contributed by atoms with Gasteiger partial charge in [-0.1, -0.05) is 16.8 Å². The van der Waals surface area contributed by atoms with Crippen LogP contribution in [0.3, 0.4) is 0 Å². The molecular weight excluding hydrogens is 437 g/mol. The van der Waals surface area contributed by atoms with Gasteiger partial charge >= 0.3 is 12.2 Å². The number of anilines is 3. The summed E-state index contributed by atoms with van der Waals surface area (Å²) in [5.74, 6) is -0.0236. The number of nitrogens with one attached hydrogen (secondary N) is 3. The van der Waals surface area contributed by atoms with Crippen molar-refractivity contribution in [3.63, 3.8) is 0 Å². The molecule has 0 spiro atoms. The van der Waals surface area contributed by atoms with E-state index in [1.165, 1.54) is 18.3 Å². The van der Waals surface area contributed by atoms with Crippen LogP contribution >= 0.6 is 11.6 Å². The first kappa shape index (κ1) is 22.2. The molecule has 3 amide bonds. The lowest BCUT2D eigenvalue weighted by Gasteiger charge is -2.13. The minimum absolute atomic E-state index is 0.0704. The normalized spacial score (nSPS) is 11.2. The van der Waals surface area contributed by atoms with Gasteiger partial charge in [0.05, 0.1) is 16.8 Å². The Bertz CT molecular complexity index is 1140. The lowest BCUT2D eigenvalue weighted by Crippen LogP contribution is -2.20. The predicted octanol–water partition coefficient (Wildman–Crippen LogP) is 5.86. The molecule has 0 atom stereocenters. The van der Waals surface area contributed by atoms with Crippen LogP contribution in [0.2, 0.25) is 5.02 Å². The Morgan fingerprint density at radius 1 is 1.00 bits per heavy atom. The average molecular weight is 453 g/mol. The molecule has 2 aromatic carbocycles. The zero-order valence-electron chi connectivity index (χ0n) is 16.2. The van der Waals surface area contributed by atoms with Gasteiger partial charge in [0.1, 0.15) is 11.3 Å². The maximum atomic E-state index is 12.9. The maximum Gasteiger partial charge on any atom is 0.417 e. The van der Waals surface area contributed by atoms with Crippen LogP contribution in [0.15, 0.2) is 47.1 Å². The molecule has 0 aliphatic carbocycles. The fraction of sp³-hybridized carbons (Fsp3) is 0.150. The first-order valence-corrected chi connectivity index (χ1v) is 9.20. The van der Waals surface area contributed by atoms with E-state index < -0.39 is 28.7 Å². The first-order chi connectivity index (χ1) is 14.5. The number of hydrogen-bond donors (Lipinski definition) is 3. The Balaban J connectivity index is 1.67. The highest BCUT2D eigenvalue weighted by Gasteiger charge is 2.33. The topological polar surface area (TPSA) is 96.3 Å². The molecule has 0 saturated heterocycles. The minimum atomic E-state index is -4.65. The lowest BCUT2D eigenvalue weighted by molar-refractivity contribution is -0.137. The van der Waals surface area contributed by atoms with Gasteiger partial charge < -0.3 is 20.5 Å². The van der Waals surface area contributed by atoms with Crippen LogP contribution < -0.4 is 16.0 Å². The average Bonchev–Trinajstić information content (AvgIpc) is 3.10. The van der Waals surface area contributed by atoms with E-state index in [9.17, 15) is 22.8 Å². The quantitative estimate of drug-likeness (QED) is 0.462. The van der Waals surface area contributed by atoms with Gasteiger partial charge in [0.25, 0.3) is 5.91 Å². The van der Waals surface area contributed by atoms with Crippen LogP contribution in [-0.4, -0.2) is 17.1 Å². The zero-order chi connectivity index (χ0) is 22.8. The van der Waals surface area contributed by atoms with E-state index in [4.69, 9.17) is 16.1 Å². The molecule has 3 aromatic rings. The molecule has 0 aliphatic heterocycles. The van der Waals surface area contributed by atoms with E-state index in [0.29, 0.717) is 28.3 Å². The summed E-state index contributed by atoms with van der Waals surface area (Å²) < 4.78 is 43.7. The van der Waals surface area contributed by atoms with Crippen molar-refractivity contribution in [2.45, 2.75) is 20.0 Å². The van der Waals surface area contributed by atoms with Crippen molar-refractivity contribution in [2.75, 3.05) is 16.0 Å². The summed E-state index contributed by atoms with van der Waals surface area (Å²) >= 11 is 5.57. The first-order valence-electron chi connectivity index (χ1n) is 8.82. The van der Waals surface area contributed by atoms with Gasteiger partial charge in [-0.15, -0.1) is 0 Å². The van der Waals surface area contributed by atoms with Crippen molar-refractivity contribution >= 4 is 40.6 Å². The largest absolute Gasteiger partial charge is 0.417 e. The van der Waals surface area contributed by atoms with Crippen LogP contribution in [-0.2, 0) is 6.18 Å². The summed E-state index contributed by atoms with van der Waals surface area (Å²) in [6, 6.07) is 7.03. The Kier molecular flexibility index (Phi) is 6.21. The summed E-state index contributed by atoms with van der Waals surface area (Å²) in [5.41, 5.74) is 0.696. The lowest BCUT2D eigenvalue weighted by atomic mass is 10.1. The van der Waals surface area contributed by atoms with Crippen molar-refractivity contribution in [3.05, 3.63) is 70.1 Å².